The van der Waals surface area contributed by atoms with E-state index in [0.29, 0.717) is 19.4 Å². The number of likely N-dealkylation sites (tertiary alicyclic amines) is 1. The number of hydrogen-bond donors (Lipinski definition) is 2. The molecule has 0 saturated carbocycles. The zero-order valence-corrected chi connectivity index (χ0v) is 21.2. The monoisotopic (exact) mass is 495 g/mol. The highest BCUT2D eigenvalue weighted by Gasteiger charge is 2.54. The summed E-state index contributed by atoms with van der Waals surface area (Å²) >= 11 is 0. The van der Waals surface area contributed by atoms with Crippen molar-refractivity contribution >= 4 is 11.9 Å². The van der Waals surface area contributed by atoms with Crippen LogP contribution in [0.3, 0.4) is 0 Å². The second-order valence-electron chi connectivity index (χ2n) is 9.58. The van der Waals surface area contributed by atoms with E-state index in [0.717, 1.165) is 55.1 Å². The Hall–Kier alpha value is -3.10. The first kappa shape index (κ1) is 26.0. The van der Waals surface area contributed by atoms with Gasteiger partial charge in [0, 0.05) is 13.1 Å². The molecule has 8 nitrogen and oxygen atoms in total. The van der Waals surface area contributed by atoms with Crippen molar-refractivity contribution in [2.45, 2.75) is 44.7 Å². The molecule has 0 spiro atoms. The van der Waals surface area contributed by atoms with Crippen molar-refractivity contribution < 1.29 is 24.2 Å². The fraction of sp³-hybridized carbons (Fsp3) is 0.500. The average Bonchev–Trinajstić information content (AvgIpc) is 3.16. The Morgan fingerprint density at radius 2 is 1.81 bits per heavy atom. The summed E-state index contributed by atoms with van der Waals surface area (Å²) in [5.41, 5.74) is 1.40. The first-order valence-corrected chi connectivity index (χ1v) is 12.8. The number of amides is 3. The number of aliphatic hydroxyl groups is 1. The second kappa shape index (κ2) is 11.8. The molecule has 2 aromatic carbocycles. The largest absolute Gasteiger partial charge is 0.497 e. The summed E-state index contributed by atoms with van der Waals surface area (Å²) in [6, 6.07) is 15.4. The molecular formula is C28H37N3O5. The van der Waals surface area contributed by atoms with Crippen LogP contribution < -0.4 is 14.8 Å². The maximum atomic E-state index is 13.6. The number of carbonyl (C=O) groups is 2. The molecule has 0 radical (unpaired) electrons. The molecule has 0 aliphatic carbocycles. The van der Waals surface area contributed by atoms with Gasteiger partial charge in [0.25, 0.3) is 5.91 Å². The minimum absolute atomic E-state index is 0.00884. The highest BCUT2D eigenvalue weighted by molar-refractivity contribution is 6.07. The number of rotatable bonds is 11. The summed E-state index contributed by atoms with van der Waals surface area (Å²) in [5, 5.41) is 12.1. The Labute approximate surface area is 213 Å². The van der Waals surface area contributed by atoms with Crippen molar-refractivity contribution in [2.75, 3.05) is 40.0 Å². The summed E-state index contributed by atoms with van der Waals surface area (Å²) in [6.45, 7) is 5.17. The minimum Gasteiger partial charge on any atom is -0.497 e. The maximum Gasteiger partial charge on any atom is 0.325 e. The number of hydrogen-bond acceptors (Lipinski definition) is 6. The molecule has 2 aliphatic rings. The average molecular weight is 496 g/mol. The Bertz CT molecular complexity index is 1040. The van der Waals surface area contributed by atoms with Crippen molar-refractivity contribution in [1.29, 1.82) is 0 Å². The van der Waals surface area contributed by atoms with E-state index in [1.165, 1.54) is 4.90 Å². The number of benzene rings is 2. The Balaban J connectivity index is 1.34. The quantitative estimate of drug-likeness (QED) is 0.465. The van der Waals surface area contributed by atoms with Crippen LogP contribution in [0.2, 0.25) is 0 Å². The van der Waals surface area contributed by atoms with Crippen LogP contribution in [0.1, 0.15) is 37.3 Å². The predicted octanol–water partition coefficient (Wildman–Crippen LogP) is 3.22. The Morgan fingerprint density at radius 3 is 2.47 bits per heavy atom. The van der Waals surface area contributed by atoms with Crippen LogP contribution in [0.25, 0.3) is 0 Å². The highest BCUT2D eigenvalue weighted by Crippen LogP contribution is 2.36. The highest BCUT2D eigenvalue weighted by atomic mass is 16.5. The van der Waals surface area contributed by atoms with Gasteiger partial charge in [-0.25, -0.2) is 4.79 Å². The van der Waals surface area contributed by atoms with E-state index in [-0.39, 0.29) is 31.1 Å². The van der Waals surface area contributed by atoms with Gasteiger partial charge in [-0.3, -0.25) is 14.6 Å². The van der Waals surface area contributed by atoms with Crippen LogP contribution in [0.5, 0.6) is 11.5 Å². The first-order valence-electron chi connectivity index (χ1n) is 12.8. The molecule has 0 aromatic heterocycles. The molecule has 2 N–H and O–H groups in total. The number of urea groups is 1. The van der Waals surface area contributed by atoms with Gasteiger partial charge in [-0.2, -0.15) is 0 Å². The van der Waals surface area contributed by atoms with Crippen LogP contribution in [-0.2, 0) is 17.8 Å². The van der Waals surface area contributed by atoms with E-state index >= 15 is 0 Å². The Morgan fingerprint density at radius 1 is 1.06 bits per heavy atom. The van der Waals surface area contributed by atoms with Crippen LogP contribution in [-0.4, -0.2) is 72.3 Å². The van der Waals surface area contributed by atoms with Gasteiger partial charge in [0.05, 0.1) is 13.7 Å². The van der Waals surface area contributed by atoms with Crippen molar-refractivity contribution in [3.8, 4) is 11.5 Å². The zero-order valence-electron chi connectivity index (χ0n) is 21.2. The van der Waals surface area contributed by atoms with Gasteiger partial charge >= 0.3 is 6.03 Å². The van der Waals surface area contributed by atoms with E-state index in [1.54, 1.807) is 7.11 Å². The lowest BCUT2D eigenvalue weighted by molar-refractivity contribution is -0.134. The summed E-state index contributed by atoms with van der Waals surface area (Å²) in [5.74, 6) is 1.57. The van der Waals surface area contributed by atoms with Crippen LogP contribution >= 0.6 is 0 Å². The summed E-state index contributed by atoms with van der Waals surface area (Å²) in [4.78, 5) is 30.2. The van der Waals surface area contributed by atoms with E-state index in [1.807, 2.05) is 49.4 Å². The molecule has 3 amide bonds. The van der Waals surface area contributed by atoms with Crippen molar-refractivity contribution in [3.63, 3.8) is 0 Å². The van der Waals surface area contributed by atoms with Gasteiger partial charge in [0.2, 0.25) is 0 Å². The summed E-state index contributed by atoms with van der Waals surface area (Å²) in [6.07, 6.45) is 2.91. The lowest BCUT2D eigenvalue weighted by Gasteiger charge is -2.40. The molecule has 2 heterocycles. The minimum atomic E-state index is -0.818. The lowest BCUT2D eigenvalue weighted by Crippen LogP contribution is -2.55. The SMILES string of the molecule is CC[C@@]1(C2CCN(Cc3cccc(OCCO)c3)CC2)NC(=O)N(CCc2ccc(OC)cc2)C1=O. The fourth-order valence-electron chi connectivity index (χ4n) is 5.43. The molecule has 8 heteroatoms. The van der Waals surface area contributed by atoms with Crippen molar-refractivity contribution in [3.05, 3.63) is 59.7 Å². The number of imide groups is 1. The third-order valence-corrected chi connectivity index (χ3v) is 7.49. The number of piperidine rings is 1. The molecule has 0 unspecified atom stereocenters. The van der Waals surface area contributed by atoms with Crippen molar-refractivity contribution in [2.24, 2.45) is 5.92 Å². The number of carbonyl (C=O) groups excluding carboxylic acids is 2. The van der Waals surface area contributed by atoms with Crippen LogP contribution in [0.15, 0.2) is 48.5 Å². The summed E-state index contributed by atoms with van der Waals surface area (Å²) < 4.78 is 10.7. The Kier molecular flexibility index (Phi) is 8.48. The molecule has 4 rings (SSSR count). The number of ether oxygens (including phenoxy) is 2. The van der Waals surface area contributed by atoms with Gasteiger partial charge in [-0.1, -0.05) is 31.2 Å². The zero-order chi connectivity index (χ0) is 25.5. The van der Waals surface area contributed by atoms with Gasteiger partial charge in [-0.05, 0) is 80.1 Å². The van der Waals surface area contributed by atoms with Gasteiger partial charge in [-0.15, -0.1) is 0 Å². The normalized spacial score (nSPS) is 21.0. The molecule has 2 aliphatic heterocycles. The predicted molar refractivity (Wildman–Crippen MR) is 137 cm³/mol. The molecule has 0 bridgehead atoms. The van der Waals surface area contributed by atoms with Gasteiger partial charge in [0.15, 0.2) is 0 Å². The van der Waals surface area contributed by atoms with E-state index in [2.05, 4.69) is 16.3 Å². The fourth-order valence-corrected chi connectivity index (χ4v) is 5.43. The standard InChI is InChI=1S/C28H37N3O5/c1-3-28(26(33)31(27(34)29-28)16-11-21-7-9-24(35-2)10-8-21)23-12-14-30(15-13-23)20-22-5-4-6-25(19-22)36-18-17-32/h4-10,19,23,32H,3,11-18,20H2,1-2H3,(H,29,34)/t28-/m0/s1. The van der Waals surface area contributed by atoms with E-state index < -0.39 is 5.54 Å². The van der Waals surface area contributed by atoms with E-state index in [9.17, 15) is 9.59 Å². The topological polar surface area (TPSA) is 91.3 Å². The van der Waals surface area contributed by atoms with Crippen LogP contribution in [0.4, 0.5) is 4.79 Å². The number of methoxy groups -OCH3 is 1. The number of aliphatic hydroxyl groups excluding tert-OH is 1. The number of nitrogens with zero attached hydrogens (tertiary/aromatic N) is 2. The third kappa shape index (κ3) is 5.65. The third-order valence-electron chi connectivity index (χ3n) is 7.49. The molecule has 1 atom stereocenters. The van der Waals surface area contributed by atoms with Gasteiger partial charge in [0.1, 0.15) is 23.6 Å². The molecule has 194 valence electrons. The molecule has 2 aromatic rings. The molecule has 2 fully saturated rings. The maximum absolute atomic E-state index is 13.6. The van der Waals surface area contributed by atoms with Gasteiger partial charge < -0.3 is 19.9 Å². The van der Waals surface area contributed by atoms with E-state index in [4.69, 9.17) is 14.6 Å². The lowest BCUT2D eigenvalue weighted by atomic mass is 9.75. The first-order chi connectivity index (χ1) is 17.5. The second-order valence-corrected chi connectivity index (χ2v) is 9.58. The molecule has 2 saturated heterocycles. The molecular weight excluding hydrogens is 458 g/mol. The summed E-state index contributed by atoms with van der Waals surface area (Å²) in [7, 11) is 1.63. The smallest absolute Gasteiger partial charge is 0.325 e. The van der Waals surface area contributed by atoms with Crippen molar-refractivity contribution in [1.82, 2.24) is 15.1 Å². The van der Waals surface area contributed by atoms with Crippen LogP contribution in [0, 0.1) is 5.92 Å². The number of nitrogens with one attached hydrogen (secondary N) is 1. The molecule has 36 heavy (non-hydrogen) atoms.